The zero-order valence-corrected chi connectivity index (χ0v) is 27.5. The molecule has 8 heteroatoms. The summed E-state index contributed by atoms with van der Waals surface area (Å²) < 4.78 is 17.7. The Balaban J connectivity index is 1.66. The van der Waals surface area contributed by atoms with Gasteiger partial charge >= 0.3 is 0 Å². The van der Waals surface area contributed by atoms with Gasteiger partial charge in [-0.25, -0.2) is 0 Å². The average Bonchev–Trinajstić information content (AvgIpc) is 2.91. The fourth-order valence-electron chi connectivity index (χ4n) is 6.73. The third-order valence-corrected chi connectivity index (χ3v) is 9.04. The Morgan fingerprint density at radius 1 is 0.860 bits per heavy atom. The van der Waals surface area contributed by atoms with Crippen molar-refractivity contribution in [2.45, 2.75) is 72.8 Å². The topological polar surface area (TPSA) is 65.1 Å². The van der Waals surface area contributed by atoms with Crippen LogP contribution in [0.15, 0.2) is 58.9 Å². The van der Waals surface area contributed by atoms with Gasteiger partial charge in [-0.3, -0.25) is 9.59 Å². The maximum atomic E-state index is 14.1. The molecule has 0 aromatic heterocycles. The van der Waals surface area contributed by atoms with Crippen LogP contribution in [0.25, 0.3) is 0 Å². The van der Waals surface area contributed by atoms with Crippen molar-refractivity contribution in [1.29, 1.82) is 0 Å². The number of ether oxygens (including phenoxy) is 3. The number of hydrogen-bond acceptors (Lipinski definition) is 6. The van der Waals surface area contributed by atoms with E-state index in [0.717, 1.165) is 35.4 Å². The van der Waals surface area contributed by atoms with E-state index in [-0.39, 0.29) is 29.0 Å². The molecular formula is C35H41Cl2NO5. The van der Waals surface area contributed by atoms with Crippen molar-refractivity contribution in [1.82, 2.24) is 4.90 Å². The minimum Gasteiger partial charge on any atom is -0.490 e. The summed E-state index contributed by atoms with van der Waals surface area (Å²) in [6.07, 6.45) is 2.29. The van der Waals surface area contributed by atoms with E-state index in [2.05, 4.69) is 32.6 Å². The van der Waals surface area contributed by atoms with E-state index in [4.69, 9.17) is 37.4 Å². The van der Waals surface area contributed by atoms with Gasteiger partial charge in [-0.15, -0.1) is 0 Å². The molecule has 0 unspecified atom stereocenters. The van der Waals surface area contributed by atoms with Gasteiger partial charge in [-0.1, -0.05) is 63.0 Å². The molecule has 0 atom stereocenters. The van der Waals surface area contributed by atoms with Gasteiger partial charge in [0, 0.05) is 60.0 Å². The number of Topliss-reactive ketones (excluding diaryl/α,β-unsaturated/α-hetero) is 2. The molecule has 1 aliphatic heterocycles. The zero-order chi connectivity index (χ0) is 31.1. The van der Waals surface area contributed by atoms with Crippen LogP contribution in [0.1, 0.15) is 77.3 Å². The Kier molecular flexibility index (Phi) is 9.04. The van der Waals surface area contributed by atoms with E-state index in [0.29, 0.717) is 65.3 Å². The first-order valence-corrected chi connectivity index (χ1v) is 15.7. The molecule has 0 N–H and O–H groups in total. The molecule has 0 saturated heterocycles. The molecule has 0 saturated carbocycles. The van der Waals surface area contributed by atoms with Crippen LogP contribution in [0.2, 0.25) is 10.0 Å². The third kappa shape index (κ3) is 6.52. The zero-order valence-electron chi connectivity index (χ0n) is 25.9. The Labute approximate surface area is 265 Å². The van der Waals surface area contributed by atoms with Crippen molar-refractivity contribution < 1.29 is 23.8 Å². The summed E-state index contributed by atoms with van der Waals surface area (Å²) in [7, 11) is 1.68. The van der Waals surface area contributed by atoms with E-state index >= 15 is 0 Å². The third-order valence-electron chi connectivity index (χ3n) is 8.50. The van der Waals surface area contributed by atoms with E-state index < -0.39 is 5.92 Å². The Morgan fingerprint density at radius 2 is 1.44 bits per heavy atom. The molecule has 6 nitrogen and oxygen atoms in total. The molecule has 5 rings (SSSR count). The molecule has 0 fully saturated rings. The van der Waals surface area contributed by atoms with Crippen molar-refractivity contribution in [2.75, 3.05) is 26.9 Å². The van der Waals surface area contributed by atoms with Crippen LogP contribution in [0.4, 0.5) is 0 Å². The number of nitrogens with zero attached hydrogens (tertiary/aromatic N) is 1. The molecule has 2 aromatic rings. The molecule has 0 spiro atoms. The Bertz CT molecular complexity index is 1430. The number of methoxy groups -OCH3 is 1. The summed E-state index contributed by atoms with van der Waals surface area (Å²) in [6.45, 7) is 12.2. The van der Waals surface area contributed by atoms with Gasteiger partial charge in [-0.2, -0.15) is 0 Å². The lowest BCUT2D eigenvalue weighted by Gasteiger charge is -2.49. The number of rotatable bonds is 9. The van der Waals surface area contributed by atoms with E-state index in [1.165, 1.54) is 0 Å². The van der Waals surface area contributed by atoms with Gasteiger partial charge < -0.3 is 19.1 Å². The van der Waals surface area contributed by atoms with Crippen molar-refractivity contribution >= 4 is 34.8 Å². The smallest absolute Gasteiger partial charge is 0.180 e. The quantitative estimate of drug-likeness (QED) is 0.279. The minimum absolute atomic E-state index is 0.0694. The minimum atomic E-state index is -0.530. The number of hydrogen-bond donors (Lipinski definition) is 0. The van der Waals surface area contributed by atoms with Crippen molar-refractivity contribution in [3.05, 3.63) is 80.1 Å². The van der Waals surface area contributed by atoms with Crippen LogP contribution in [-0.2, 0) is 20.9 Å². The number of allylic oxidation sites excluding steroid dienone is 4. The van der Waals surface area contributed by atoms with Crippen LogP contribution < -0.4 is 9.47 Å². The molecule has 3 aliphatic rings. The van der Waals surface area contributed by atoms with Crippen molar-refractivity contribution in [3.8, 4) is 11.5 Å². The molecule has 0 amide bonds. The normalized spacial score (nSPS) is 19.9. The number of benzene rings is 2. The lowest BCUT2D eigenvalue weighted by Crippen LogP contribution is -2.45. The molecule has 43 heavy (non-hydrogen) atoms. The van der Waals surface area contributed by atoms with E-state index in [1.54, 1.807) is 7.11 Å². The predicted octanol–water partition coefficient (Wildman–Crippen LogP) is 8.30. The molecule has 2 aromatic carbocycles. The highest BCUT2D eigenvalue weighted by Gasteiger charge is 2.49. The van der Waals surface area contributed by atoms with Crippen molar-refractivity contribution in [2.24, 2.45) is 10.8 Å². The van der Waals surface area contributed by atoms with Crippen LogP contribution >= 0.6 is 23.2 Å². The van der Waals surface area contributed by atoms with Crippen LogP contribution in [0, 0.1) is 10.8 Å². The second-order valence-corrected chi connectivity index (χ2v) is 14.2. The Hall–Kier alpha value is -2.80. The molecule has 0 bridgehead atoms. The standard InChI is InChI=1S/C35H41Cl2NO5/c1-7-42-29-15-22(14-24(37)33(29)43-20-21-8-10-23(36)11-9-21)30-31-25(16-34(2,3)18-27(31)39)38(12-13-41-6)26-17-35(4,5)19-28(40)32(26)30/h8-11,14-15,30H,7,12-13,16-20H2,1-6H3. The van der Waals surface area contributed by atoms with Crippen LogP contribution in [0.3, 0.4) is 0 Å². The summed E-state index contributed by atoms with van der Waals surface area (Å²) in [5, 5.41) is 1.02. The summed E-state index contributed by atoms with van der Waals surface area (Å²) >= 11 is 13.0. The molecular weight excluding hydrogens is 585 g/mol. The van der Waals surface area contributed by atoms with Gasteiger partial charge in [0.2, 0.25) is 0 Å². The maximum absolute atomic E-state index is 14.1. The van der Waals surface area contributed by atoms with E-state index in [1.807, 2.05) is 43.3 Å². The first-order chi connectivity index (χ1) is 20.3. The highest BCUT2D eigenvalue weighted by atomic mass is 35.5. The highest BCUT2D eigenvalue weighted by Crippen LogP contribution is 2.55. The van der Waals surface area contributed by atoms with Crippen molar-refractivity contribution in [3.63, 3.8) is 0 Å². The lowest BCUT2D eigenvalue weighted by atomic mass is 9.63. The number of halogens is 2. The second-order valence-electron chi connectivity index (χ2n) is 13.4. The second kappa shape index (κ2) is 12.3. The average molecular weight is 627 g/mol. The first kappa shape index (κ1) is 31.6. The summed E-state index contributed by atoms with van der Waals surface area (Å²) in [5.74, 6) is 0.519. The molecule has 0 radical (unpaired) electrons. The summed E-state index contributed by atoms with van der Waals surface area (Å²) in [4.78, 5) is 30.3. The first-order valence-electron chi connectivity index (χ1n) is 15.0. The SMILES string of the molecule is CCOc1cc(C2C3=C(CC(C)(C)CC3=O)N(CCOC)C3=C2C(=O)CC(C)(C)C3)cc(Cl)c1OCc1ccc(Cl)cc1. The number of ketones is 2. The van der Waals surface area contributed by atoms with Gasteiger partial charge in [0.25, 0.3) is 0 Å². The van der Waals surface area contributed by atoms with Gasteiger partial charge in [0.15, 0.2) is 23.1 Å². The Morgan fingerprint density at radius 3 is 1.98 bits per heavy atom. The monoisotopic (exact) mass is 625 g/mol. The fraction of sp³-hybridized carbons (Fsp3) is 0.486. The largest absolute Gasteiger partial charge is 0.490 e. The van der Waals surface area contributed by atoms with Gasteiger partial charge in [0.1, 0.15) is 6.61 Å². The molecule has 1 heterocycles. The fourth-order valence-corrected chi connectivity index (χ4v) is 7.13. The summed E-state index contributed by atoms with van der Waals surface area (Å²) in [5.41, 5.74) is 4.66. The molecule has 230 valence electrons. The highest BCUT2D eigenvalue weighted by molar-refractivity contribution is 6.32. The molecule has 2 aliphatic carbocycles. The lowest BCUT2D eigenvalue weighted by molar-refractivity contribution is -0.119. The number of carbonyl (C=O) groups excluding carboxylic acids is 2. The maximum Gasteiger partial charge on any atom is 0.180 e. The van der Waals surface area contributed by atoms with Gasteiger partial charge in [-0.05, 0) is 66.0 Å². The van der Waals surface area contributed by atoms with E-state index in [9.17, 15) is 9.59 Å². The van der Waals surface area contributed by atoms with Gasteiger partial charge in [0.05, 0.1) is 18.2 Å². The summed E-state index contributed by atoms with van der Waals surface area (Å²) in [6, 6.07) is 11.2. The van der Waals surface area contributed by atoms with Crippen LogP contribution in [-0.4, -0.2) is 43.3 Å². The number of carbonyl (C=O) groups is 2. The predicted molar refractivity (Wildman–Crippen MR) is 170 cm³/mol. The van der Waals surface area contributed by atoms with Crippen LogP contribution in [0.5, 0.6) is 11.5 Å².